The van der Waals surface area contributed by atoms with Gasteiger partial charge in [-0.05, 0) is 112 Å². The first-order chi connectivity index (χ1) is 20.4. The Morgan fingerprint density at radius 3 is 2.16 bits per heavy atom. The summed E-state index contributed by atoms with van der Waals surface area (Å²) in [7, 11) is -3.61. The van der Waals surface area contributed by atoms with Gasteiger partial charge in [0.1, 0.15) is 22.7 Å². The van der Waals surface area contributed by atoms with Crippen LogP contribution in [0.1, 0.15) is 47.9 Å². The number of aryl methyl sites for hydroxylation is 2. The van der Waals surface area contributed by atoms with Gasteiger partial charge in [0.25, 0.3) is 11.8 Å². The van der Waals surface area contributed by atoms with Crippen molar-refractivity contribution in [2.45, 2.75) is 57.0 Å². The maximum Gasteiger partial charge on any atom is 0.329 e. The van der Waals surface area contributed by atoms with Gasteiger partial charge in [-0.3, -0.25) is 24.8 Å². The van der Waals surface area contributed by atoms with E-state index >= 15 is 0 Å². The number of aliphatic imine (C=N–C) groups is 1. The van der Waals surface area contributed by atoms with Crippen molar-refractivity contribution in [2.24, 2.45) is 4.99 Å². The van der Waals surface area contributed by atoms with Gasteiger partial charge in [-0.1, -0.05) is 0 Å². The van der Waals surface area contributed by atoms with Crippen LogP contribution in [0.25, 0.3) is 0 Å². The Kier molecular flexibility index (Phi) is 7.30. The van der Waals surface area contributed by atoms with E-state index in [9.17, 15) is 27.9 Å². The summed E-state index contributed by atoms with van der Waals surface area (Å²) in [5, 5.41) is 18.1. The molecule has 0 atom stereocenters. The van der Waals surface area contributed by atoms with E-state index < -0.39 is 27.1 Å². The van der Waals surface area contributed by atoms with Crippen LogP contribution in [0.4, 0.5) is 10.5 Å². The molecule has 4 N–H and O–H groups in total. The second-order valence-corrected chi connectivity index (χ2v) is 14.0. The zero-order valence-electron chi connectivity index (χ0n) is 24.3. The fourth-order valence-electron chi connectivity index (χ4n) is 6.82. The number of nitrogens with zero attached hydrogens (tertiary/aromatic N) is 3. The van der Waals surface area contributed by atoms with Crippen LogP contribution >= 0.6 is 0 Å². The number of phenols is 1. The van der Waals surface area contributed by atoms with Gasteiger partial charge in [0, 0.05) is 24.3 Å². The molecule has 4 amide bonds. The summed E-state index contributed by atoms with van der Waals surface area (Å²) in [4.78, 5) is 44.8. The molecule has 2 aromatic rings. The first-order valence-electron chi connectivity index (χ1n) is 14.6. The second kappa shape index (κ2) is 10.7. The molecule has 4 aliphatic heterocycles. The third-order valence-electron chi connectivity index (χ3n) is 9.32. The van der Waals surface area contributed by atoms with Crippen LogP contribution in [-0.4, -0.2) is 84.5 Å². The van der Waals surface area contributed by atoms with Crippen molar-refractivity contribution >= 4 is 39.4 Å². The normalized spacial score (nSPS) is 21.8. The predicted molar refractivity (Wildman–Crippen MR) is 161 cm³/mol. The van der Waals surface area contributed by atoms with Crippen LogP contribution in [-0.2, 0) is 26.0 Å². The van der Waals surface area contributed by atoms with Crippen molar-refractivity contribution in [3.05, 3.63) is 58.7 Å². The second-order valence-electron chi connectivity index (χ2n) is 11.9. The van der Waals surface area contributed by atoms with Crippen molar-refractivity contribution in [3.8, 4) is 5.75 Å². The molecule has 0 bridgehead atoms. The summed E-state index contributed by atoms with van der Waals surface area (Å²) in [6, 6.07) is 9.70. The number of carbonyl (C=O) groups is 3. The number of imide groups is 1. The van der Waals surface area contributed by atoms with Crippen LogP contribution in [0.3, 0.4) is 0 Å². The van der Waals surface area contributed by atoms with Crippen LogP contribution < -0.4 is 20.9 Å². The first kappa shape index (κ1) is 29.3. The summed E-state index contributed by atoms with van der Waals surface area (Å²) in [6.45, 7) is 5.45. The number of phenolic OH excluding ortho intramolecular Hbond substituents is 1. The lowest BCUT2D eigenvalue weighted by Gasteiger charge is -2.38. The summed E-state index contributed by atoms with van der Waals surface area (Å²) in [5.74, 6) is -0.0567. The molecule has 2 spiro atoms. The Balaban J connectivity index is 1.13. The first-order valence-corrected chi connectivity index (χ1v) is 16.2. The lowest BCUT2D eigenvalue weighted by atomic mass is 9.86. The van der Waals surface area contributed by atoms with Crippen molar-refractivity contribution < 1.29 is 27.9 Å². The number of hydrogen-bond acceptors (Lipinski definition) is 8. The zero-order chi connectivity index (χ0) is 30.6. The largest absolute Gasteiger partial charge is 0.508 e. The third-order valence-corrected chi connectivity index (χ3v) is 11.2. The molecule has 6 rings (SSSR count). The molecule has 12 nitrogen and oxygen atoms in total. The highest BCUT2D eigenvalue weighted by Gasteiger charge is 2.54. The maximum atomic E-state index is 13.4. The number of hydrogen-bond donors (Lipinski definition) is 4. The van der Waals surface area contributed by atoms with E-state index in [1.54, 1.807) is 17.0 Å². The highest BCUT2D eigenvalue weighted by atomic mass is 32.2. The number of nitrogens with one attached hydrogen (secondary N) is 3. The van der Waals surface area contributed by atoms with E-state index in [1.165, 1.54) is 16.4 Å². The Morgan fingerprint density at radius 2 is 1.53 bits per heavy atom. The van der Waals surface area contributed by atoms with Gasteiger partial charge in [0.05, 0.1) is 5.75 Å². The number of amidine groups is 1. The molecular formula is C30H36N6O6S. The Bertz CT molecular complexity index is 1600. The van der Waals surface area contributed by atoms with Crippen molar-refractivity contribution in [3.63, 3.8) is 0 Å². The van der Waals surface area contributed by atoms with Crippen molar-refractivity contribution in [2.75, 3.05) is 36.8 Å². The van der Waals surface area contributed by atoms with Gasteiger partial charge in [-0.25, -0.2) is 17.5 Å². The van der Waals surface area contributed by atoms with Gasteiger partial charge in [0.15, 0.2) is 0 Å². The Labute approximate surface area is 250 Å². The van der Waals surface area contributed by atoms with E-state index in [4.69, 9.17) is 0 Å². The number of sulfonamides is 1. The number of amides is 4. The molecule has 228 valence electrons. The Hall–Kier alpha value is -3.81. The van der Waals surface area contributed by atoms with E-state index in [1.807, 2.05) is 26.0 Å². The average Bonchev–Trinajstić information content (AvgIpc) is 3.40. The van der Waals surface area contributed by atoms with Gasteiger partial charge < -0.3 is 15.7 Å². The summed E-state index contributed by atoms with van der Waals surface area (Å²) in [5.41, 5.74) is 2.01. The number of rotatable bonds is 6. The van der Waals surface area contributed by atoms with Crippen LogP contribution in [0.5, 0.6) is 5.75 Å². The molecule has 13 heteroatoms. The highest BCUT2D eigenvalue weighted by Crippen LogP contribution is 2.38. The lowest BCUT2D eigenvalue weighted by molar-refractivity contribution is -0.125. The molecule has 4 heterocycles. The molecule has 3 saturated heterocycles. The predicted octanol–water partition coefficient (Wildman–Crippen LogP) is 1.47. The average molecular weight is 609 g/mol. The van der Waals surface area contributed by atoms with Crippen molar-refractivity contribution in [1.82, 2.24) is 20.3 Å². The number of benzene rings is 2. The van der Waals surface area contributed by atoms with E-state index in [0.717, 1.165) is 16.7 Å². The molecule has 0 unspecified atom stereocenters. The van der Waals surface area contributed by atoms with Gasteiger partial charge in [-0.2, -0.15) is 0 Å². The molecule has 0 radical (unpaired) electrons. The number of piperidine rings is 2. The SMILES string of the molecule is Cc1cc(N2C(=O)NC(=O)C23CCNCC3)cc(C)c1CCS(=O)(=O)N1CCC2(CC1)N=C(c1ccc(O)cc1)NC2=O. The van der Waals surface area contributed by atoms with Gasteiger partial charge in [0.2, 0.25) is 10.0 Å². The smallest absolute Gasteiger partial charge is 0.329 e. The molecule has 2 aromatic carbocycles. The summed E-state index contributed by atoms with van der Waals surface area (Å²) < 4.78 is 28.2. The number of anilines is 1. The van der Waals surface area contributed by atoms with Gasteiger partial charge >= 0.3 is 6.03 Å². The van der Waals surface area contributed by atoms with E-state index in [0.29, 0.717) is 49.4 Å². The molecule has 4 aliphatic rings. The van der Waals surface area contributed by atoms with E-state index in [-0.39, 0.29) is 49.2 Å². The van der Waals surface area contributed by atoms with Crippen LogP contribution in [0.2, 0.25) is 0 Å². The zero-order valence-corrected chi connectivity index (χ0v) is 25.1. The standard InChI is InChI=1S/C30H36N6O6S/c1-19-17-22(36-28(40)33-27(39)30(36)8-12-31-13-9-30)18-20(2)24(19)7-16-43(41,42)35-14-10-29(11-15-35)26(38)32-25(34-29)21-3-5-23(37)6-4-21/h3-6,17-18,31,37H,7-16H2,1-2H3,(H,32,34,38)(H,33,39,40). The number of aromatic hydroxyl groups is 1. The Morgan fingerprint density at radius 1 is 0.907 bits per heavy atom. The number of carbonyl (C=O) groups excluding carboxylic acids is 3. The third kappa shape index (κ3) is 5.08. The van der Waals surface area contributed by atoms with Gasteiger partial charge in [-0.15, -0.1) is 0 Å². The summed E-state index contributed by atoms with van der Waals surface area (Å²) >= 11 is 0. The topological polar surface area (TPSA) is 161 Å². The molecular weight excluding hydrogens is 572 g/mol. The maximum absolute atomic E-state index is 13.4. The molecule has 3 fully saturated rings. The van der Waals surface area contributed by atoms with Crippen LogP contribution in [0.15, 0.2) is 41.4 Å². The minimum absolute atomic E-state index is 0.0897. The fraction of sp³-hybridized carbons (Fsp3) is 0.467. The monoisotopic (exact) mass is 608 g/mol. The van der Waals surface area contributed by atoms with Crippen molar-refractivity contribution in [1.29, 1.82) is 0 Å². The molecule has 0 aromatic heterocycles. The molecule has 0 aliphatic carbocycles. The minimum Gasteiger partial charge on any atom is -0.508 e. The summed E-state index contributed by atoms with van der Waals surface area (Å²) in [6.07, 6.45) is 1.89. The quantitative estimate of drug-likeness (QED) is 0.361. The molecule has 43 heavy (non-hydrogen) atoms. The van der Waals surface area contributed by atoms with E-state index in [2.05, 4.69) is 20.9 Å². The van der Waals surface area contributed by atoms with Crippen LogP contribution in [0, 0.1) is 13.8 Å². The highest BCUT2D eigenvalue weighted by molar-refractivity contribution is 7.89. The minimum atomic E-state index is -3.61. The lowest BCUT2D eigenvalue weighted by Crippen LogP contribution is -2.56. The number of urea groups is 1. The fourth-order valence-corrected chi connectivity index (χ4v) is 8.28. The molecule has 0 saturated carbocycles.